The maximum absolute atomic E-state index is 5.99. The number of aryl methyl sites for hydroxylation is 1. The molecular weight excluding hydrogens is 270 g/mol. The Hall–Kier alpha value is -1.96. The lowest BCUT2D eigenvalue weighted by Gasteiger charge is -2.22. The highest BCUT2D eigenvalue weighted by molar-refractivity contribution is 5.53. The predicted octanol–water partition coefficient (Wildman–Crippen LogP) is 5.09. The minimum absolute atomic E-state index is 0.0944. The standard InChI is InChI=1S/C20H27NO/c1-15-9-8-11-18(16(15)2)21-13-14-22-19-12-7-6-10-17(19)20(3,4)5/h6-12,21H,13-14H2,1-5H3. The average Bonchev–Trinajstić information content (AvgIpc) is 2.47. The van der Waals surface area contributed by atoms with Gasteiger partial charge in [-0.05, 0) is 48.1 Å². The van der Waals surface area contributed by atoms with Gasteiger partial charge in [-0.2, -0.15) is 0 Å². The van der Waals surface area contributed by atoms with Gasteiger partial charge >= 0.3 is 0 Å². The fourth-order valence-electron chi connectivity index (χ4n) is 2.50. The van der Waals surface area contributed by atoms with Crippen molar-refractivity contribution in [2.24, 2.45) is 0 Å². The van der Waals surface area contributed by atoms with Gasteiger partial charge in [0, 0.05) is 12.2 Å². The van der Waals surface area contributed by atoms with Gasteiger partial charge in [0.1, 0.15) is 12.4 Å². The van der Waals surface area contributed by atoms with Crippen molar-refractivity contribution in [3.8, 4) is 5.75 Å². The Morgan fingerprint density at radius 1 is 0.955 bits per heavy atom. The van der Waals surface area contributed by atoms with Gasteiger partial charge < -0.3 is 10.1 Å². The van der Waals surface area contributed by atoms with Gasteiger partial charge in [0.05, 0.1) is 0 Å². The van der Waals surface area contributed by atoms with Crippen LogP contribution in [-0.2, 0) is 5.41 Å². The van der Waals surface area contributed by atoms with Crippen LogP contribution in [0.25, 0.3) is 0 Å². The summed E-state index contributed by atoms with van der Waals surface area (Å²) in [6.07, 6.45) is 0. The topological polar surface area (TPSA) is 21.3 Å². The summed E-state index contributed by atoms with van der Waals surface area (Å²) in [6, 6.07) is 14.6. The molecule has 0 unspecified atom stereocenters. The van der Waals surface area contributed by atoms with E-state index in [1.54, 1.807) is 0 Å². The maximum atomic E-state index is 5.99. The summed E-state index contributed by atoms with van der Waals surface area (Å²) in [4.78, 5) is 0. The Morgan fingerprint density at radius 2 is 1.68 bits per heavy atom. The van der Waals surface area contributed by atoms with Crippen LogP contribution in [0.5, 0.6) is 5.75 Å². The second-order valence-electron chi connectivity index (χ2n) is 6.77. The van der Waals surface area contributed by atoms with Crippen molar-refractivity contribution in [2.45, 2.75) is 40.0 Å². The Bertz CT molecular complexity index is 626. The van der Waals surface area contributed by atoms with Gasteiger partial charge in [-0.1, -0.05) is 51.1 Å². The summed E-state index contributed by atoms with van der Waals surface area (Å²) < 4.78 is 5.99. The van der Waals surface area contributed by atoms with Crippen molar-refractivity contribution >= 4 is 5.69 Å². The molecule has 2 rings (SSSR count). The number of rotatable bonds is 5. The summed E-state index contributed by atoms with van der Waals surface area (Å²) in [5.74, 6) is 0.984. The Kier molecular flexibility index (Phi) is 5.12. The summed E-state index contributed by atoms with van der Waals surface area (Å²) in [7, 11) is 0. The molecule has 2 nitrogen and oxygen atoms in total. The first-order valence-corrected chi connectivity index (χ1v) is 7.92. The number of para-hydroxylation sites is 1. The van der Waals surface area contributed by atoms with E-state index in [1.165, 1.54) is 22.4 Å². The normalized spacial score (nSPS) is 11.3. The molecule has 2 aromatic carbocycles. The smallest absolute Gasteiger partial charge is 0.123 e. The molecule has 0 radical (unpaired) electrons. The maximum Gasteiger partial charge on any atom is 0.123 e. The molecule has 0 spiro atoms. The van der Waals surface area contributed by atoms with Crippen LogP contribution in [0.2, 0.25) is 0 Å². The summed E-state index contributed by atoms with van der Waals surface area (Å²) in [5.41, 5.74) is 5.15. The summed E-state index contributed by atoms with van der Waals surface area (Å²) in [6.45, 7) is 12.4. The van der Waals surface area contributed by atoms with Crippen molar-refractivity contribution < 1.29 is 4.74 Å². The lowest BCUT2D eigenvalue weighted by Crippen LogP contribution is -2.16. The zero-order valence-electron chi connectivity index (χ0n) is 14.4. The molecule has 0 atom stereocenters. The number of hydrogen-bond donors (Lipinski definition) is 1. The van der Waals surface area contributed by atoms with Gasteiger partial charge in [-0.25, -0.2) is 0 Å². The molecular formula is C20H27NO. The van der Waals surface area contributed by atoms with E-state index < -0.39 is 0 Å². The molecule has 0 aliphatic heterocycles. The Labute approximate surface area is 134 Å². The molecule has 0 bridgehead atoms. The molecule has 0 heterocycles. The summed E-state index contributed by atoms with van der Waals surface area (Å²) in [5, 5.41) is 3.46. The van der Waals surface area contributed by atoms with Crippen LogP contribution < -0.4 is 10.1 Å². The first-order chi connectivity index (χ1) is 10.4. The minimum Gasteiger partial charge on any atom is -0.491 e. The number of nitrogens with one attached hydrogen (secondary N) is 1. The highest BCUT2D eigenvalue weighted by atomic mass is 16.5. The van der Waals surface area contributed by atoms with E-state index >= 15 is 0 Å². The van der Waals surface area contributed by atoms with Crippen LogP contribution in [-0.4, -0.2) is 13.2 Å². The zero-order chi connectivity index (χ0) is 16.2. The van der Waals surface area contributed by atoms with Crippen molar-refractivity contribution in [1.29, 1.82) is 0 Å². The molecule has 0 aliphatic carbocycles. The van der Waals surface area contributed by atoms with Gasteiger partial charge in [0.15, 0.2) is 0 Å². The predicted molar refractivity (Wildman–Crippen MR) is 95.0 cm³/mol. The van der Waals surface area contributed by atoms with Crippen molar-refractivity contribution in [3.63, 3.8) is 0 Å². The Morgan fingerprint density at radius 3 is 2.41 bits per heavy atom. The van der Waals surface area contributed by atoms with Gasteiger partial charge in [-0.15, -0.1) is 0 Å². The molecule has 118 valence electrons. The fraction of sp³-hybridized carbons (Fsp3) is 0.400. The van der Waals surface area contributed by atoms with E-state index in [9.17, 15) is 0 Å². The van der Waals surface area contributed by atoms with Gasteiger partial charge in [-0.3, -0.25) is 0 Å². The first-order valence-electron chi connectivity index (χ1n) is 7.92. The molecule has 22 heavy (non-hydrogen) atoms. The van der Waals surface area contributed by atoms with E-state index in [0.29, 0.717) is 6.61 Å². The molecule has 0 aliphatic rings. The van der Waals surface area contributed by atoms with Crippen molar-refractivity contribution in [1.82, 2.24) is 0 Å². The molecule has 2 aromatic rings. The number of benzene rings is 2. The highest BCUT2D eigenvalue weighted by Gasteiger charge is 2.18. The molecule has 1 N–H and O–H groups in total. The zero-order valence-corrected chi connectivity index (χ0v) is 14.4. The van der Waals surface area contributed by atoms with Crippen LogP contribution >= 0.6 is 0 Å². The summed E-state index contributed by atoms with van der Waals surface area (Å²) >= 11 is 0. The molecule has 0 fully saturated rings. The van der Waals surface area contributed by atoms with Gasteiger partial charge in [0.2, 0.25) is 0 Å². The number of ether oxygens (including phenoxy) is 1. The van der Waals surface area contributed by atoms with Gasteiger partial charge in [0.25, 0.3) is 0 Å². The average molecular weight is 297 g/mol. The van der Waals surface area contributed by atoms with Crippen molar-refractivity contribution in [2.75, 3.05) is 18.5 Å². The largest absolute Gasteiger partial charge is 0.491 e. The second kappa shape index (κ2) is 6.87. The van der Waals surface area contributed by atoms with Crippen LogP contribution in [0.3, 0.4) is 0 Å². The quantitative estimate of drug-likeness (QED) is 0.776. The van der Waals surface area contributed by atoms with E-state index in [4.69, 9.17) is 4.74 Å². The second-order valence-corrected chi connectivity index (χ2v) is 6.77. The molecule has 0 saturated heterocycles. The molecule has 2 heteroatoms. The van der Waals surface area contributed by atoms with Crippen LogP contribution in [0.4, 0.5) is 5.69 Å². The van der Waals surface area contributed by atoms with E-state index in [-0.39, 0.29) is 5.41 Å². The van der Waals surface area contributed by atoms with Crippen LogP contribution in [0.1, 0.15) is 37.5 Å². The fourth-order valence-corrected chi connectivity index (χ4v) is 2.50. The molecule has 0 saturated carbocycles. The minimum atomic E-state index is 0.0944. The highest BCUT2D eigenvalue weighted by Crippen LogP contribution is 2.30. The monoisotopic (exact) mass is 297 g/mol. The number of anilines is 1. The third-order valence-electron chi connectivity index (χ3n) is 3.97. The van der Waals surface area contributed by atoms with Crippen LogP contribution in [0, 0.1) is 13.8 Å². The molecule has 0 amide bonds. The van der Waals surface area contributed by atoms with E-state index in [0.717, 1.165) is 12.3 Å². The first kappa shape index (κ1) is 16.4. The third kappa shape index (κ3) is 4.03. The molecule has 0 aromatic heterocycles. The Balaban J connectivity index is 1.94. The third-order valence-corrected chi connectivity index (χ3v) is 3.97. The lowest BCUT2D eigenvalue weighted by atomic mass is 9.86. The van der Waals surface area contributed by atoms with E-state index in [2.05, 4.69) is 76.3 Å². The van der Waals surface area contributed by atoms with E-state index in [1.807, 2.05) is 6.07 Å². The SMILES string of the molecule is Cc1cccc(NCCOc2ccccc2C(C)(C)C)c1C. The van der Waals surface area contributed by atoms with Crippen molar-refractivity contribution in [3.05, 3.63) is 59.2 Å². The lowest BCUT2D eigenvalue weighted by molar-refractivity contribution is 0.323. The number of hydrogen-bond acceptors (Lipinski definition) is 2. The van der Waals surface area contributed by atoms with Crippen LogP contribution in [0.15, 0.2) is 42.5 Å².